The minimum Gasteiger partial charge on any atom is -0.495 e. The van der Waals surface area contributed by atoms with Gasteiger partial charge < -0.3 is 14.8 Å². The van der Waals surface area contributed by atoms with E-state index in [1.807, 2.05) is 25.1 Å². The fourth-order valence-corrected chi connectivity index (χ4v) is 2.79. The lowest BCUT2D eigenvalue weighted by Gasteiger charge is -2.11. The lowest BCUT2D eigenvalue weighted by atomic mass is 10.2. The molecule has 0 heterocycles. The third-order valence-electron chi connectivity index (χ3n) is 3.16. The molecule has 0 saturated heterocycles. The predicted molar refractivity (Wildman–Crippen MR) is 99.5 cm³/mol. The summed E-state index contributed by atoms with van der Waals surface area (Å²) >= 11 is 7.12. The Morgan fingerprint density at radius 2 is 1.88 bits per heavy atom. The Kier molecular flexibility index (Phi) is 7.16. The van der Waals surface area contributed by atoms with E-state index in [9.17, 15) is 9.59 Å². The molecule has 132 valence electrons. The standard InChI is InChI=1S/C18H18ClNO4S/c1-12-3-8-16(23-2)15(9-12)20-17(21)10-24-18(22)11-25-14-6-4-13(19)5-7-14/h3-9H,10-11H2,1-2H3,(H,20,21). The number of aryl methyl sites for hydroxylation is 1. The van der Waals surface area contributed by atoms with Crippen molar-refractivity contribution in [3.05, 3.63) is 53.1 Å². The number of carbonyl (C=O) groups excluding carboxylic acids is 2. The van der Waals surface area contributed by atoms with E-state index in [2.05, 4.69) is 5.32 Å². The molecule has 0 fully saturated rings. The van der Waals surface area contributed by atoms with Gasteiger partial charge in [0.2, 0.25) is 0 Å². The van der Waals surface area contributed by atoms with E-state index in [4.69, 9.17) is 21.1 Å². The summed E-state index contributed by atoms with van der Waals surface area (Å²) in [5, 5.41) is 3.31. The van der Waals surface area contributed by atoms with E-state index in [1.165, 1.54) is 18.9 Å². The van der Waals surface area contributed by atoms with Crippen molar-refractivity contribution in [2.45, 2.75) is 11.8 Å². The van der Waals surface area contributed by atoms with Crippen molar-refractivity contribution in [1.82, 2.24) is 0 Å². The van der Waals surface area contributed by atoms with Crippen LogP contribution in [0.25, 0.3) is 0 Å². The van der Waals surface area contributed by atoms with Crippen LogP contribution in [0.15, 0.2) is 47.4 Å². The number of benzene rings is 2. The molecule has 7 heteroatoms. The van der Waals surface area contributed by atoms with E-state index in [-0.39, 0.29) is 12.4 Å². The Labute approximate surface area is 155 Å². The molecule has 25 heavy (non-hydrogen) atoms. The lowest BCUT2D eigenvalue weighted by molar-refractivity contribution is -0.144. The summed E-state index contributed by atoms with van der Waals surface area (Å²) < 4.78 is 10.2. The zero-order chi connectivity index (χ0) is 18.2. The predicted octanol–water partition coefficient (Wildman–Crippen LogP) is 3.93. The van der Waals surface area contributed by atoms with Gasteiger partial charge in [0.05, 0.1) is 18.6 Å². The average molecular weight is 380 g/mol. The topological polar surface area (TPSA) is 64.6 Å². The van der Waals surface area contributed by atoms with Gasteiger partial charge in [-0.2, -0.15) is 0 Å². The minimum atomic E-state index is -0.466. The van der Waals surface area contributed by atoms with Gasteiger partial charge in [0.25, 0.3) is 5.91 Å². The third kappa shape index (κ3) is 6.32. The molecule has 0 aliphatic rings. The highest BCUT2D eigenvalue weighted by Crippen LogP contribution is 2.25. The maximum atomic E-state index is 11.9. The average Bonchev–Trinajstić information content (AvgIpc) is 2.59. The van der Waals surface area contributed by atoms with Crippen LogP contribution in [0.5, 0.6) is 5.75 Å². The zero-order valence-electron chi connectivity index (χ0n) is 13.9. The Morgan fingerprint density at radius 3 is 2.56 bits per heavy atom. The Bertz CT molecular complexity index is 749. The van der Waals surface area contributed by atoms with Crippen molar-refractivity contribution < 1.29 is 19.1 Å². The number of methoxy groups -OCH3 is 1. The van der Waals surface area contributed by atoms with E-state index in [1.54, 1.807) is 24.3 Å². The number of ether oxygens (including phenoxy) is 2. The van der Waals surface area contributed by atoms with Crippen LogP contribution in [-0.4, -0.2) is 31.3 Å². The Balaban J connectivity index is 1.78. The summed E-state index contributed by atoms with van der Waals surface area (Å²) in [7, 11) is 1.52. The van der Waals surface area contributed by atoms with E-state index in [0.29, 0.717) is 16.5 Å². The molecule has 2 aromatic rings. The molecular formula is C18H18ClNO4S. The number of halogens is 1. The number of hydrogen-bond donors (Lipinski definition) is 1. The van der Waals surface area contributed by atoms with Crippen molar-refractivity contribution >= 4 is 40.9 Å². The quantitative estimate of drug-likeness (QED) is 0.583. The molecule has 2 rings (SSSR count). The van der Waals surface area contributed by atoms with Gasteiger partial charge in [-0.3, -0.25) is 9.59 Å². The van der Waals surface area contributed by atoms with Crippen LogP contribution in [0.4, 0.5) is 5.69 Å². The van der Waals surface area contributed by atoms with Gasteiger partial charge in [0.1, 0.15) is 5.75 Å². The summed E-state index contributed by atoms with van der Waals surface area (Å²) in [4.78, 5) is 24.6. The SMILES string of the molecule is COc1ccc(C)cc1NC(=O)COC(=O)CSc1ccc(Cl)cc1. The summed E-state index contributed by atoms with van der Waals surface area (Å²) in [6.45, 7) is 1.56. The smallest absolute Gasteiger partial charge is 0.316 e. The number of thioether (sulfide) groups is 1. The molecule has 1 amide bonds. The summed E-state index contributed by atoms with van der Waals surface area (Å²) in [5.41, 5.74) is 1.52. The summed E-state index contributed by atoms with van der Waals surface area (Å²) in [6.07, 6.45) is 0. The van der Waals surface area contributed by atoms with Crippen LogP contribution in [0.2, 0.25) is 5.02 Å². The van der Waals surface area contributed by atoms with Crippen LogP contribution in [0, 0.1) is 6.92 Å². The van der Waals surface area contributed by atoms with E-state index in [0.717, 1.165) is 10.5 Å². The number of nitrogens with one attached hydrogen (secondary N) is 1. The first kappa shape index (κ1) is 19.1. The van der Waals surface area contributed by atoms with Gasteiger partial charge in [-0.1, -0.05) is 17.7 Å². The van der Waals surface area contributed by atoms with Gasteiger partial charge in [-0.25, -0.2) is 0 Å². The highest BCUT2D eigenvalue weighted by Gasteiger charge is 2.11. The minimum absolute atomic E-state index is 0.114. The van der Waals surface area contributed by atoms with Gasteiger partial charge in [0, 0.05) is 9.92 Å². The highest BCUT2D eigenvalue weighted by molar-refractivity contribution is 8.00. The molecule has 0 saturated carbocycles. The first-order valence-corrected chi connectivity index (χ1v) is 8.83. The van der Waals surface area contributed by atoms with Gasteiger partial charge in [-0.15, -0.1) is 11.8 Å². The number of amides is 1. The van der Waals surface area contributed by atoms with Crippen molar-refractivity contribution in [3.8, 4) is 5.75 Å². The molecule has 0 aliphatic heterocycles. The summed E-state index contributed by atoms with van der Waals surface area (Å²) in [6, 6.07) is 12.6. The molecule has 0 unspecified atom stereocenters. The lowest BCUT2D eigenvalue weighted by Crippen LogP contribution is -2.22. The molecule has 0 atom stereocenters. The molecule has 2 aromatic carbocycles. The molecule has 0 aliphatic carbocycles. The first-order valence-electron chi connectivity index (χ1n) is 7.46. The fraction of sp³-hybridized carbons (Fsp3) is 0.222. The van der Waals surface area contributed by atoms with Crippen LogP contribution in [-0.2, 0) is 14.3 Å². The largest absolute Gasteiger partial charge is 0.495 e. The normalized spacial score (nSPS) is 10.2. The Morgan fingerprint density at radius 1 is 1.16 bits per heavy atom. The third-order valence-corrected chi connectivity index (χ3v) is 4.40. The monoisotopic (exact) mass is 379 g/mol. The first-order chi connectivity index (χ1) is 12.0. The summed E-state index contributed by atoms with van der Waals surface area (Å²) in [5.74, 6) is -0.230. The van der Waals surface area contributed by atoms with Crippen molar-refractivity contribution in [2.24, 2.45) is 0 Å². The molecule has 1 N–H and O–H groups in total. The van der Waals surface area contributed by atoms with E-state index >= 15 is 0 Å². The van der Waals surface area contributed by atoms with Crippen LogP contribution in [0.1, 0.15) is 5.56 Å². The second kappa shape index (κ2) is 9.34. The van der Waals surface area contributed by atoms with Gasteiger partial charge >= 0.3 is 5.97 Å². The molecule has 0 aromatic heterocycles. The van der Waals surface area contributed by atoms with Crippen LogP contribution in [0.3, 0.4) is 0 Å². The molecule has 0 radical (unpaired) electrons. The van der Waals surface area contributed by atoms with E-state index < -0.39 is 11.9 Å². The number of esters is 1. The molecule has 0 spiro atoms. The van der Waals surface area contributed by atoms with Crippen LogP contribution >= 0.6 is 23.4 Å². The van der Waals surface area contributed by atoms with Crippen molar-refractivity contribution in [3.63, 3.8) is 0 Å². The fourth-order valence-electron chi connectivity index (χ4n) is 1.97. The van der Waals surface area contributed by atoms with Crippen LogP contribution < -0.4 is 10.1 Å². The number of anilines is 1. The molecule has 0 bridgehead atoms. The van der Waals surface area contributed by atoms with Gasteiger partial charge in [0.15, 0.2) is 6.61 Å². The van der Waals surface area contributed by atoms with Crippen molar-refractivity contribution in [2.75, 3.05) is 24.8 Å². The molecule has 5 nitrogen and oxygen atoms in total. The van der Waals surface area contributed by atoms with Gasteiger partial charge in [-0.05, 0) is 48.9 Å². The van der Waals surface area contributed by atoms with Crippen molar-refractivity contribution in [1.29, 1.82) is 0 Å². The number of hydrogen-bond acceptors (Lipinski definition) is 5. The number of rotatable bonds is 7. The second-order valence-corrected chi connectivity index (χ2v) is 6.64. The highest BCUT2D eigenvalue weighted by atomic mass is 35.5. The second-order valence-electron chi connectivity index (χ2n) is 5.16. The number of carbonyl (C=O) groups is 2. The maximum Gasteiger partial charge on any atom is 0.316 e. The Hall–Kier alpha value is -2.18. The zero-order valence-corrected chi connectivity index (χ0v) is 15.4. The maximum absolute atomic E-state index is 11.9. The molecular weight excluding hydrogens is 362 g/mol.